The number of carbonyl (C=O) groups excluding carboxylic acids is 3. The molecule has 38 heavy (non-hydrogen) atoms. The first-order valence-electron chi connectivity index (χ1n) is 12.8. The van der Waals surface area contributed by atoms with Crippen LogP contribution < -0.4 is 10.6 Å². The molecule has 0 spiro atoms. The van der Waals surface area contributed by atoms with E-state index in [9.17, 15) is 19.5 Å². The van der Waals surface area contributed by atoms with E-state index in [1.165, 1.54) is 24.1 Å². The Hall–Kier alpha value is -3.99. The molecule has 0 aromatic heterocycles. The Balaban J connectivity index is 2.42. The van der Waals surface area contributed by atoms with Crippen molar-refractivity contribution >= 4 is 17.9 Å². The fraction of sp³-hybridized carbons (Fsp3) is 0.433. The van der Waals surface area contributed by atoms with Crippen LogP contribution in [-0.4, -0.2) is 53.1 Å². The Kier molecular flexibility index (Phi) is 11.2. The van der Waals surface area contributed by atoms with Gasteiger partial charge >= 0.3 is 6.09 Å². The van der Waals surface area contributed by atoms with Crippen LogP contribution in [0.15, 0.2) is 48.5 Å². The lowest BCUT2D eigenvalue weighted by Gasteiger charge is -2.32. The molecule has 0 radical (unpaired) electrons. The number of unbranched alkanes of at least 4 members (excludes halogenated alkanes) is 2. The summed E-state index contributed by atoms with van der Waals surface area (Å²) in [5, 5.41) is 15.2. The zero-order chi connectivity index (χ0) is 28.3. The highest BCUT2D eigenvalue weighted by atomic mass is 16.6. The molecule has 8 heteroatoms. The Morgan fingerprint density at radius 1 is 1.08 bits per heavy atom. The van der Waals surface area contributed by atoms with Gasteiger partial charge in [0.15, 0.2) is 0 Å². The third-order valence-electron chi connectivity index (χ3n) is 5.84. The summed E-state index contributed by atoms with van der Waals surface area (Å²) < 4.78 is 5.39. The number of terminal acetylenes is 1. The smallest absolute Gasteiger partial charge is 0.408 e. The Morgan fingerprint density at radius 3 is 2.34 bits per heavy atom. The minimum atomic E-state index is -1.05. The normalized spacial score (nSPS) is 12.5. The number of nitrogens with one attached hydrogen (secondary N) is 2. The molecule has 0 saturated heterocycles. The summed E-state index contributed by atoms with van der Waals surface area (Å²) in [6.45, 7) is 7.73. The van der Waals surface area contributed by atoms with Crippen LogP contribution in [0.2, 0.25) is 0 Å². The van der Waals surface area contributed by atoms with Gasteiger partial charge in [-0.3, -0.25) is 9.59 Å². The number of carbonyl (C=O) groups is 3. The van der Waals surface area contributed by atoms with Crippen LogP contribution in [0.4, 0.5) is 4.79 Å². The van der Waals surface area contributed by atoms with Crippen molar-refractivity contribution in [1.82, 2.24) is 15.5 Å². The van der Waals surface area contributed by atoms with Crippen LogP contribution >= 0.6 is 0 Å². The molecule has 204 valence electrons. The Bertz CT molecular complexity index is 1130. The average Bonchev–Trinajstić information content (AvgIpc) is 2.86. The van der Waals surface area contributed by atoms with E-state index in [1.54, 1.807) is 57.2 Å². The number of aromatic hydroxyl groups is 1. The summed E-state index contributed by atoms with van der Waals surface area (Å²) in [6.07, 6.45) is 7.87. The van der Waals surface area contributed by atoms with E-state index in [2.05, 4.69) is 23.5 Å². The van der Waals surface area contributed by atoms with E-state index in [0.29, 0.717) is 23.2 Å². The van der Waals surface area contributed by atoms with Gasteiger partial charge in [0, 0.05) is 25.6 Å². The molecule has 0 bridgehead atoms. The van der Waals surface area contributed by atoms with Gasteiger partial charge in [0.25, 0.3) is 0 Å². The van der Waals surface area contributed by atoms with Crippen molar-refractivity contribution in [2.24, 2.45) is 0 Å². The number of hydrogen-bond acceptors (Lipinski definition) is 5. The van der Waals surface area contributed by atoms with E-state index < -0.39 is 29.7 Å². The Morgan fingerprint density at radius 2 is 1.74 bits per heavy atom. The van der Waals surface area contributed by atoms with Crippen molar-refractivity contribution in [2.45, 2.75) is 71.1 Å². The molecule has 0 heterocycles. The van der Waals surface area contributed by atoms with Crippen molar-refractivity contribution in [2.75, 3.05) is 13.6 Å². The molecule has 8 nitrogen and oxygen atoms in total. The minimum absolute atomic E-state index is 0.0829. The van der Waals surface area contributed by atoms with Gasteiger partial charge in [-0.15, -0.1) is 6.42 Å². The van der Waals surface area contributed by atoms with Gasteiger partial charge in [0.1, 0.15) is 23.4 Å². The van der Waals surface area contributed by atoms with Crippen molar-refractivity contribution in [3.63, 3.8) is 0 Å². The summed E-state index contributed by atoms with van der Waals surface area (Å²) in [4.78, 5) is 41.3. The van der Waals surface area contributed by atoms with Gasteiger partial charge in [0.2, 0.25) is 11.8 Å². The lowest BCUT2D eigenvalue weighted by Crippen LogP contribution is -2.52. The van der Waals surface area contributed by atoms with Crippen LogP contribution in [0.25, 0.3) is 0 Å². The van der Waals surface area contributed by atoms with Gasteiger partial charge in [-0.2, -0.15) is 0 Å². The van der Waals surface area contributed by atoms with Crippen molar-refractivity contribution in [3.8, 4) is 18.1 Å². The number of hydrogen-bond donors (Lipinski definition) is 3. The summed E-state index contributed by atoms with van der Waals surface area (Å²) in [6, 6.07) is 11.3. The van der Waals surface area contributed by atoms with Crippen LogP contribution in [-0.2, 0) is 20.7 Å². The molecule has 2 unspecified atom stereocenters. The molecule has 0 saturated carbocycles. The maximum absolute atomic E-state index is 13.9. The number of phenols is 1. The van der Waals surface area contributed by atoms with E-state index in [1.807, 2.05) is 0 Å². The first-order chi connectivity index (χ1) is 18.0. The summed E-state index contributed by atoms with van der Waals surface area (Å²) >= 11 is 0. The van der Waals surface area contributed by atoms with Gasteiger partial charge < -0.3 is 25.4 Å². The molecular weight excluding hydrogens is 482 g/mol. The highest BCUT2D eigenvalue weighted by Crippen LogP contribution is 2.25. The maximum Gasteiger partial charge on any atom is 0.408 e. The van der Waals surface area contributed by atoms with Gasteiger partial charge in [0.05, 0.1) is 0 Å². The molecule has 0 aliphatic heterocycles. The number of phenolic OH excluding ortho intramolecular Hbond substituents is 1. The summed E-state index contributed by atoms with van der Waals surface area (Å²) in [7, 11) is 1.52. The number of benzene rings is 2. The predicted molar refractivity (Wildman–Crippen MR) is 147 cm³/mol. The average molecular weight is 522 g/mol. The molecule has 2 rings (SSSR count). The highest BCUT2D eigenvalue weighted by Gasteiger charge is 2.35. The van der Waals surface area contributed by atoms with Crippen molar-refractivity contribution in [1.29, 1.82) is 0 Å². The largest absolute Gasteiger partial charge is 0.508 e. The van der Waals surface area contributed by atoms with E-state index in [0.717, 1.165) is 19.3 Å². The molecule has 0 aliphatic carbocycles. The quantitative estimate of drug-likeness (QED) is 0.302. The fourth-order valence-corrected chi connectivity index (χ4v) is 3.97. The molecule has 0 fully saturated rings. The van der Waals surface area contributed by atoms with Crippen molar-refractivity contribution < 1.29 is 24.2 Å². The van der Waals surface area contributed by atoms with E-state index in [-0.39, 0.29) is 18.1 Å². The Labute approximate surface area is 225 Å². The zero-order valence-electron chi connectivity index (χ0n) is 22.9. The number of amides is 3. The monoisotopic (exact) mass is 521 g/mol. The third kappa shape index (κ3) is 9.15. The van der Waals surface area contributed by atoms with E-state index in [4.69, 9.17) is 11.2 Å². The van der Waals surface area contributed by atoms with Crippen LogP contribution in [0.3, 0.4) is 0 Å². The number of alkyl carbamates (subject to hydrolysis) is 1. The molecule has 3 amide bonds. The number of likely N-dealkylation sites (N-methyl/N-ethyl adjacent to an activating group) is 1. The third-order valence-corrected chi connectivity index (χ3v) is 5.84. The summed E-state index contributed by atoms with van der Waals surface area (Å²) in [5.41, 5.74) is 0.945. The molecule has 3 N–H and O–H groups in total. The fourth-order valence-electron chi connectivity index (χ4n) is 3.97. The van der Waals surface area contributed by atoms with E-state index >= 15 is 0 Å². The molecule has 2 aromatic rings. The lowest BCUT2D eigenvalue weighted by atomic mass is 9.97. The number of rotatable bonds is 11. The van der Waals surface area contributed by atoms with Crippen molar-refractivity contribution in [3.05, 3.63) is 65.2 Å². The van der Waals surface area contributed by atoms with Gasteiger partial charge in [-0.25, -0.2) is 4.79 Å². The molecule has 2 atom stereocenters. The standard InChI is InChI=1S/C30H39N3O5/c1-7-9-12-19-31-27(35)26(24-14-11-10-13-22(24)8-2)33(6)28(36)25(32-29(37)38-30(3,4)5)20-21-15-17-23(34)18-16-21/h2,10-11,13-18,25-26,34H,7,9,12,19-20H2,1,3-6H3,(H,31,35)(H,32,37). The second-order valence-electron chi connectivity index (χ2n) is 10.2. The van der Waals surface area contributed by atoms with Gasteiger partial charge in [-0.1, -0.05) is 56.0 Å². The predicted octanol–water partition coefficient (Wildman–Crippen LogP) is 4.32. The first-order valence-corrected chi connectivity index (χ1v) is 12.8. The van der Waals surface area contributed by atoms with Gasteiger partial charge in [-0.05, 0) is 56.5 Å². The summed E-state index contributed by atoms with van der Waals surface area (Å²) in [5.74, 6) is 1.83. The molecular formula is C30H39N3O5. The second-order valence-corrected chi connectivity index (χ2v) is 10.2. The van der Waals surface area contributed by atoms with Crippen LogP contribution in [0, 0.1) is 12.3 Å². The van der Waals surface area contributed by atoms with Crippen LogP contribution in [0.1, 0.15) is 69.7 Å². The highest BCUT2D eigenvalue weighted by molar-refractivity contribution is 5.92. The minimum Gasteiger partial charge on any atom is -0.508 e. The zero-order valence-corrected chi connectivity index (χ0v) is 22.9. The van der Waals surface area contributed by atoms with Crippen LogP contribution in [0.5, 0.6) is 5.75 Å². The molecule has 2 aromatic carbocycles. The topological polar surface area (TPSA) is 108 Å². The molecule has 0 aliphatic rings. The number of nitrogens with zero attached hydrogens (tertiary/aromatic N) is 1. The number of ether oxygens (including phenoxy) is 1. The first kappa shape index (κ1) is 30.2. The lowest BCUT2D eigenvalue weighted by molar-refractivity contribution is -0.140. The maximum atomic E-state index is 13.9. The second kappa shape index (κ2) is 14.1. The SMILES string of the molecule is C#Cc1ccccc1C(C(=O)NCCCCC)N(C)C(=O)C(Cc1ccc(O)cc1)NC(=O)OC(C)(C)C.